The molecule has 2 aromatic carbocycles. The number of anilines is 3. The Morgan fingerprint density at radius 1 is 1.15 bits per heavy atom. The predicted molar refractivity (Wildman–Crippen MR) is 155 cm³/mol. The maximum atomic E-state index is 12.7. The van der Waals surface area contributed by atoms with Gasteiger partial charge in [-0.2, -0.15) is 0 Å². The van der Waals surface area contributed by atoms with Crippen LogP contribution in [0, 0.1) is 6.92 Å². The summed E-state index contributed by atoms with van der Waals surface area (Å²) in [5.74, 6) is 1.98. The van der Waals surface area contributed by atoms with Crippen LogP contribution in [0.5, 0.6) is 17.4 Å². The van der Waals surface area contributed by atoms with Gasteiger partial charge in [0.1, 0.15) is 36.3 Å². The highest BCUT2D eigenvalue weighted by molar-refractivity contribution is 6.03. The number of aryl methyl sites for hydroxylation is 1. The summed E-state index contributed by atoms with van der Waals surface area (Å²) in [6, 6.07) is 11.3. The van der Waals surface area contributed by atoms with Gasteiger partial charge in [-0.1, -0.05) is 6.08 Å². The molecular weight excluding hydrogens is 522 g/mol. The highest BCUT2D eigenvalue weighted by Crippen LogP contribution is 2.34. The van der Waals surface area contributed by atoms with Crippen molar-refractivity contribution in [3.05, 3.63) is 73.1 Å². The quantitative estimate of drug-likeness (QED) is 0.223. The smallest absolute Gasteiger partial charge is 0.248 e. The SMILES string of the molecule is CCOc1cc2ncnc(Nc3ccc(Oc4cc5nncn5cn4)c(C)c3)c2cc1NC(=O)/C=C/[C@H]1CCCN1. The lowest BCUT2D eigenvalue weighted by Crippen LogP contribution is -2.19. The van der Waals surface area contributed by atoms with E-state index in [4.69, 9.17) is 9.47 Å². The lowest BCUT2D eigenvalue weighted by Gasteiger charge is -2.15. The third-order valence-electron chi connectivity index (χ3n) is 6.69. The minimum absolute atomic E-state index is 0.224. The molecule has 1 fully saturated rings. The Morgan fingerprint density at radius 3 is 2.90 bits per heavy atom. The molecule has 0 saturated carbocycles. The second-order valence-corrected chi connectivity index (χ2v) is 9.60. The van der Waals surface area contributed by atoms with Crippen molar-refractivity contribution in [2.45, 2.75) is 32.7 Å². The number of rotatable bonds is 9. The number of carbonyl (C=O) groups is 1. The van der Waals surface area contributed by atoms with Gasteiger partial charge >= 0.3 is 0 Å². The zero-order valence-corrected chi connectivity index (χ0v) is 22.7. The number of hydrogen-bond acceptors (Lipinski definition) is 10. The van der Waals surface area contributed by atoms with Crippen LogP contribution in [0.15, 0.2) is 67.5 Å². The Morgan fingerprint density at radius 2 is 2.07 bits per heavy atom. The summed E-state index contributed by atoms with van der Waals surface area (Å²) < 4.78 is 13.5. The first-order valence-corrected chi connectivity index (χ1v) is 13.4. The van der Waals surface area contributed by atoms with Gasteiger partial charge in [0.15, 0.2) is 5.65 Å². The highest BCUT2D eigenvalue weighted by Gasteiger charge is 2.15. The highest BCUT2D eigenvalue weighted by atomic mass is 16.5. The Balaban J connectivity index is 1.23. The molecule has 0 aliphatic carbocycles. The van der Waals surface area contributed by atoms with E-state index in [1.807, 2.05) is 50.3 Å². The van der Waals surface area contributed by atoms with Crippen LogP contribution in [0.3, 0.4) is 0 Å². The van der Waals surface area contributed by atoms with Crippen molar-refractivity contribution in [2.24, 2.45) is 0 Å². The van der Waals surface area contributed by atoms with E-state index >= 15 is 0 Å². The second-order valence-electron chi connectivity index (χ2n) is 9.60. The molecule has 208 valence electrons. The molecule has 1 aliphatic heterocycles. The van der Waals surface area contributed by atoms with Gasteiger partial charge in [-0.25, -0.2) is 15.0 Å². The summed E-state index contributed by atoms with van der Waals surface area (Å²) in [4.78, 5) is 25.9. The molecule has 3 N–H and O–H groups in total. The van der Waals surface area contributed by atoms with Gasteiger partial charge in [0.25, 0.3) is 0 Å². The van der Waals surface area contributed by atoms with Crippen LogP contribution in [0.2, 0.25) is 0 Å². The lowest BCUT2D eigenvalue weighted by atomic mass is 10.1. The third-order valence-corrected chi connectivity index (χ3v) is 6.69. The fourth-order valence-electron chi connectivity index (χ4n) is 4.67. The number of aromatic nitrogens is 6. The topological polar surface area (TPSA) is 140 Å². The normalized spacial score (nSPS) is 15.0. The molecule has 1 atom stereocenters. The maximum Gasteiger partial charge on any atom is 0.248 e. The van der Waals surface area contributed by atoms with Gasteiger partial charge in [0, 0.05) is 35.3 Å². The third kappa shape index (κ3) is 5.92. The van der Waals surface area contributed by atoms with Gasteiger partial charge in [-0.05, 0) is 63.1 Å². The number of carbonyl (C=O) groups excluding carboxylic acids is 1. The molecule has 12 heteroatoms. The molecule has 1 saturated heterocycles. The fourth-order valence-corrected chi connectivity index (χ4v) is 4.67. The average Bonchev–Trinajstić information content (AvgIpc) is 3.66. The summed E-state index contributed by atoms with van der Waals surface area (Å²) in [5.41, 5.74) is 3.57. The van der Waals surface area contributed by atoms with E-state index in [2.05, 4.69) is 41.1 Å². The Bertz CT molecular complexity index is 1750. The minimum Gasteiger partial charge on any atom is -0.492 e. The van der Waals surface area contributed by atoms with Gasteiger partial charge in [-0.15, -0.1) is 10.2 Å². The van der Waals surface area contributed by atoms with E-state index in [0.29, 0.717) is 46.7 Å². The van der Waals surface area contributed by atoms with Crippen molar-refractivity contribution in [3.63, 3.8) is 0 Å². The van der Waals surface area contributed by atoms with E-state index in [1.54, 1.807) is 29.2 Å². The molecule has 0 bridgehead atoms. The zero-order chi connectivity index (χ0) is 28.2. The molecule has 0 unspecified atom stereocenters. The molecule has 1 amide bonds. The molecule has 1 aliphatic rings. The number of nitrogens with one attached hydrogen (secondary N) is 3. The summed E-state index contributed by atoms with van der Waals surface area (Å²) in [6.07, 6.45) is 10.3. The molecule has 4 heterocycles. The zero-order valence-electron chi connectivity index (χ0n) is 22.7. The van der Waals surface area contributed by atoms with Gasteiger partial charge < -0.3 is 25.4 Å². The fraction of sp³-hybridized carbons (Fsp3) is 0.241. The molecular formula is C29H29N9O3. The van der Waals surface area contributed by atoms with Crippen molar-refractivity contribution in [1.29, 1.82) is 0 Å². The lowest BCUT2D eigenvalue weighted by molar-refractivity contribution is -0.111. The Hall–Kier alpha value is -5.10. The molecule has 5 aromatic rings. The average molecular weight is 552 g/mol. The monoisotopic (exact) mass is 551 g/mol. The van der Waals surface area contributed by atoms with Gasteiger partial charge in [0.05, 0.1) is 17.8 Å². The molecule has 41 heavy (non-hydrogen) atoms. The number of fused-ring (bicyclic) bond motifs is 2. The second kappa shape index (κ2) is 11.6. The molecule has 6 rings (SSSR count). The van der Waals surface area contributed by atoms with Crippen molar-refractivity contribution >= 4 is 39.6 Å². The van der Waals surface area contributed by atoms with Crippen LogP contribution in [-0.4, -0.2) is 54.7 Å². The van der Waals surface area contributed by atoms with E-state index in [-0.39, 0.29) is 11.9 Å². The number of hydrogen-bond donors (Lipinski definition) is 3. The Labute approximate surface area is 235 Å². The van der Waals surface area contributed by atoms with E-state index in [9.17, 15) is 4.79 Å². The van der Waals surface area contributed by atoms with Crippen LogP contribution in [-0.2, 0) is 4.79 Å². The van der Waals surface area contributed by atoms with Crippen molar-refractivity contribution in [1.82, 2.24) is 34.9 Å². The number of ether oxygens (including phenoxy) is 2. The first-order chi connectivity index (χ1) is 20.1. The maximum absolute atomic E-state index is 12.7. The molecule has 0 radical (unpaired) electrons. The first-order valence-electron chi connectivity index (χ1n) is 13.4. The van der Waals surface area contributed by atoms with E-state index in [0.717, 1.165) is 36.0 Å². The largest absolute Gasteiger partial charge is 0.492 e. The van der Waals surface area contributed by atoms with E-state index in [1.165, 1.54) is 6.33 Å². The first kappa shape index (κ1) is 26.1. The van der Waals surface area contributed by atoms with Crippen LogP contribution in [0.1, 0.15) is 25.3 Å². The molecule has 12 nitrogen and oxygen atoms in total. The summed E-state index contributed by atoms with van der Waals surface area (Å²) in [6.45, 7) is 5.26. The standard InChI is InChI=1S/C29H29N9O3/c1-3-40-25-13-22-21(12-23(25)36-27(39)9-7-19-5-4-10-30-19)29(32-15-31-22)35-20-6-8-24(18(2)11-20)41-28-14-26-37-34-17-38(26)16-33-28/h6-9,11-17,19,30H,3-5,10H2,1-2H3,(H,36,39)(H,31,32,35)/b9-7+/t19-/m1/s1. The van der Waals surface area contributed by atoms with Gasteiger partial charge in [-0.3, -0.25) is 9.20 Å². The Kier molecular flexibility index (Phi) is 7.37. The van der Waals surface area contributed by atoms with Crippen LogP contribution in [0.4, 0.5) is 17.2 Å². The van der Waals surface area contributed by atoms with Crippen molar-refractivity contribution in [2.75, 3.05) is 23.8 Å². The van der Waals surface area contributed by atoms with Crippen molar-refractivity contribution < 1.29 is 14.3 Å². The number of amides is 1. The summed E-state index contributed by atoms with van der Waals surface area (Å²) in [5, 5.41) is 18.3. The molecule has 3 aromatic heterocycles. The van der Waals surface area contributed by atoms with Gasteiger partial charge in [0.2, 0.25) is 11.8 Å². The van der Waals surface area contributed by atoms with E-state index < -0.39 is 0 Å². The van der Waals surface area contributed by atoms with Crippen LogP contribution < -0.4 is 25.4 Å². The summed E-state index contributed by atoms with van der Waals surface area (Å²) >= 11 is 0. The number of benzene rings is 2. The minimum atomic E-state index is -0.228. The number of nitrogens with zero attached hydrogens (tertiary/aromatic N) is 6. The van der Waals surface area contributed by atoms with Crippen molar-refractivity contribution in [3.8, 4) is 17.4 Å². The predicted octanol–water partition coefficient (Wildman–Crippen LogP) is 4.56. The van der Waals surface area contributed by atoms with Crippen LogP contribution >= 0.6 is 0 Å². The van der Waals surface area contributed by atoms with Crippen LogP contribution in [0.25, 0.3) is 16.6 Å². The molecule has 0 spiro atoms. The summed E-state index contributed by atoms with van der Waals surface area (Å²) in [7, 11) is 0.